The molecular weight excluding hydrogens is 655 g/mol. The summed E-state index contributed by atoms with van der Waals surface area (Å²) in [5.74, 6) is 0.930. The van der Waals surface area contributed by atoms with E-state index >= 15 is 0 Å². The molecule has 260 valence electrons. The summed E-state index contributed by atoms with van der Waals surface area (Å²) < 4.78 is 6.68. The highest BCUT2D eigenvalue weighted by atomic mass is 16.3. The summed E-state index contributed by atoms with van der Waals surface area (Å²) in [5.41, 5.74) is 23.0. The Bertz CT molecular complexity index is 2890. The maximum atomic E-state index is 6.68. The van der Waals surface area contributed by atoms with Crippen molar-refractivity contribution < 1.29 is 4.42 Å². The molecule has 0 spiro atoms. The van der Waals surface area contributed by atoms with Gasteiger partial charge in [0.25, 0.3) is 0 Å². The maximum Gasteiger partial charge on any atom is 0.143 e. The first-order chi connectivity index (χ1) is 26.0. The highest BCUT2D eigenvalue weighted by Crippen LogP contribution is 2.60. The van der Waals surface area contributed by atoms with Gasteiger partial charge < -0.3 is 4.42 Å². The summed E-state index contributed by atoms with van der Waals surface area (Å²) in [6.45, 7) is 14.4. The van der Waals surface area contributed by atoms with Gasteiger partial charge in [-0.1, -0.05) is 114 Å². The number of benzene rings is 6. The molecule has 8 aromatic rings. The first-order valence-corrected chi connectivity index (χ1v) is 19.2. The van der Waals surface area contributed by atoms with Crippen molar-refractivity contribution in [2.75, 3.05) is 0 Å². The van der Waals surface area contributed by atoms with Crippen molar-refractivity contribution >= 4 is 11.0 Å². The first-order valence-electron chi connectivity index (χ1n) is 19.2. The topological polar surface area (TPSA) is 26.0 Å². The molecule has 0 saturated heterocycles. The van der Waals surface area contributed by atoms with Crippen molar-refractivity contribution in [2.45, 2.75) is 57.8 Å². The van der Waals surface area contributed by atoms with Crippen LogP contribution in [-0.2, 0) is 16.2 Å². The van der Waals surface area contributed by atoms with Gasteiger partial charge in [0.15, 0.2) is 0 Å². The summed E-state index contributed by atoms with van der Waals surface area (Å²) in [6.07, 6.45) is 3.76. The molecule has 0 radical (unpaired) electrons. The van der Waals surface area contributed by atoms with Crippen LogP contribution in [0.25, 0.3) is 77.9 Å². The van der Waals surface area contributed by atoms with Gasteiger partial charge in [0.1, 0.15) is 11.3 Å². The van der Waals surface area contributed by atoms with E-state index in [1.165, 1.54) is 83.5 Å². The molecule has 3 aliphatic rings. The van der Waals surface area contributed by atoms with E-state index in [9.17, 15) is 0 Å². The molecule has 2 heteroatoms. The third-order valence-electron chi connectivity index (χ3n) is 13.2. The fourth-order valence-electron chi connectivity index (χ4n) is 10.2. The second-order valence-electron chi connectivity index (χ2n) is 17.2. The van der Waals surface area contributed by atoms with Gasteiger partial charge in [-0.25, -0.2) is 0 Å². The van der Waals surface area contributed by atoms with Crippen LogP contribution in [0.1, 0.15) is 74.9 Å². The summed E-state index contributed by atoms with van der Waals surface area (Å²) in [5, 5.41) is 1.14. The molecule has 11 rings (SSSR count). The number of furan rings is 1. The van der Waals surface area contributed by atoms with Crippen LogP contribution in [0, 0.1) is 0 Å². The van der Waals surface area contributed by atoms with Gasteiger partial charge in [-0.05, 0) is 138 Å². The average molecular weight is 696 g/mol. The van der Waals surface area contributed by atoms with Gasteiger partial charge in [0.05, 0.1) is 0 Å². The third-order valence-corrected chi connectivity index (χ3v) is 13.2. The van der Waals surface area contributed by atoms with E-state index in [0.29, 0.717) is 0 Å². The number of nitrogens with zero attached hydrogens (tertiary/aromatic N) is 1. The number of aromatic nitrogens is 1. The molecule has 0 N–H and O–H groups in total. The Morgan fingerprint density at radius 3 is 1.43 bits per heavy atom. The lowest BCUT2D eigenvalue weighted by atomic mass is 9.78. The molecule has 0 amide bonds. The van der Waals surface area contributed by atoms with Crippen LogP contribution in [0.15, 0.2) is 144 Å². The van der Waals surface area contributed by atoms with Gasteiger partial charge in [-0.15, -0.1) is 0 Å². The molecule has 0 atom stereocenters. The lowest BCUT2D eigenvalue weighted by Crippen LogP contribution is -2.17. The van der Waals surface area contributed by atoms with Crippen LogP contribution >= 0.6 is 0 Å². The molecule has 2 nitrogen and oxygen atoms in total. The first kappa shape index (κ1) is 31.5. The maximum absolute atomic E-state index is 6.68. The zero-order chi connectivity index (χ0) is 36.7. The zero-order valence-electron chi connectivity index (χ0n) is 31.6. The third kappa shape index (κ3) is 4.09. The molecular formula is C52H41NO. The Kier molecular flexibility index (Phi) is 6.17. The Balaban J connectivity index is 1.04. The fourth-order valence-corrected chi connectivity index (χ4v) is 10.2. The minimum Gasteiger partial charge on any atom is -0.455 e. The molecule has 2 heterocycles. The SMILES string of the molecule is CC1(C)c2cc(-c3ccncc3)ccc2-c2cc3c(cc21)-c1cc2c(cc1C3(C)C)-c1ccc(-c3oc4ccccc4c3-c3ccccc3)cc1C2(C)C. The molecule has 0 bridgehead atoms. The van der Waals surface area contributed by atoms with Gasteiger partial charge >= 0.3 is 0 Å². The van der Waals surface area contributed by atoms with Gasteiger partial charge in [-0.3, -0.25) is 4.98 Å². The highest BCUT2D eigenvalue weighted by Gasteiger charge is 2.44. The van der Waals surface area contributed by atoms with Crippen LogP contribution in [0.4, 0.5) is 0 Å². The Morgan fingerprint density at radius 2 is 0.852 bits per heavy atom. The summed E-state index contributed by atoms with van der Waals surface area (Å²) >= 11 is 0. The van der Waals surface area contributed by atoms with Crippen molar-refractivity contribution in [1.82, 2.24) is 4.98 Å². The Morgan fingerprint density at radius 1 is 0.389 bits per heavy atom. The van der Waals surface area contributed by atoms with E-state index in [1.807, 2.05) is 12.4 Å². The van der Waals surface area contributed by atoms with E-state index in [1.54, 1.807) is 0 Å². The van der Waals surface area contributed by atoms with Crippen LogP contribution in [0.2, 0.25) is 0 Å². The molecule has 54 heavy (non-hydrogen) atoms. The van der Waals surface area contributed by atoms with E-state index in [0.717, 1.165) is 27.9 Å². The van der Waals surface area contributed by atoms with Gasteiger partial charge in [0, 0.05) is 45.2 Å². The number of fused-ring (bicyclic) bond motifs is 10. The van der Waals surface area contributed by atoms with Crippen LogP contribution in [-0.4, -0.2) is 4.98 Å². The minimum atomic E-state index is -0.183. The quantitative estimate of drug-likeness (QED) is 0.184. The standard InChI is InChI=1S/C52H41NO/c1-50(2)41-24-32(30-20-22-53-23-21-30)16-18-34(41)37-26-45-39(28-43(37)50)40-29-44-38(27-46(40)52(45,5)6)35-19-17-33(25-42(35)51(44,3)4)49-48(31-12-8-7-9-13-31)36-14-10-11-15-47(36)54-49/h7-29H,1-6H3. The smallest absolute Gasteiger partial charge is 0.143 e. The number of hydrogen-bond acceptors (Lipinski definition) is 2. The molecule has 0 fully saturated rings. The van der Waals surface area contributed by atoms with Crippen molar-refractivity contribution in [3.8, 4) is 67.0 Å². The molecule has 0 unspecified atom stereocenters. The molecule has 0 saturated carbocycles. The average Bonchev–Trinajstić information content (AvgIpc) is 3.83. The van der Waals surface area contributed by atoms with E-state index in [-0.39, 0.29) is 16.2 Å². The van der Waals surface area contributed by atoms with E-state index < -0.39 is 0 Å². The molecule has 2 aromatic heterocycles. The predicted molar refractivity (Wildman–Crippen MR) is 223 cm³/mol. The second kappa shape index (κ2) is 10.6. The van der Waals surface area contributed by atoms with Crippen molar-refractivity contribution in [3.05, 3.63) is 173 Å². The van der Waals surface area contributed by atoms with E-state index in [4.69, 9.17) is 4.42 Å². The van der Waals surface area contributed by atoms with Crippen LogP contribution in [0.3, 0.4) is 0 Å². The molecule has 3 aliphatic carbocycles. The van der Waals surface area contributed by atoms with Crippen LogP contribution < -0.4 is 0 Å². The Labute approximate surface area is 317 Å². The number of rotatable bonds is 3. The Hall–Kier alpha value is -5.99. The lowest BCUT2D eigenvalue weighted by molar-refractivity contribution is 0.630. The minimum absolute atomic E-state index is 0.118. The van der Waals surface area contributed by atoms with Crippen LogP contribution in [0.5, 0.6) is 0 Å². The van der Waals surface area contributed by atoms with Gasteiger partial charge in [-0.2, -0.15) is 0 Å². The highest BCUT2D eigenvalue weighted by molar-refractivity contribution is 6.02. The van der Waals surface area contributed by atoms with Crippen molar-refractivity contribution in [3.63, 3.8) is 0 Å². The zero-order valence-corrected chi connectivity index (χ0v) is 31.6. The molecule has 0 aliphatic heterocycles. The predicted octanol–water partition coefficient (Wildman–Crippen LogP) is 13.7. The van der Waals surface area contributed by atoms with Crippen molar-refractivity contribution in [2.24, 2.45) is 0 Å². The van der Waals surface area contributed by atoms with Gasteiger partial charge in [0.2, 0.25) is 0 Å². The normalized spacial score (nSPS) is 16.0. The fraction of sp³-hybridized carbons (Fsp3) is 0.173. The summed E-state index contributed by atoms with van der Waals surface area (Å²) in [7, 11) is 0. The monoisotopic (exact) mass is 695 g/mol. The lowest BCUT2D eigenvalue weighted by Gasteiger charge is -2.25. The number of para-hydroxylation sites is 1. The second-order valence-corrected chi connectivity index (χ2v) is 17.2. The molecule has 6 aromatic carbocycles. The number of pyridine rings is 1. The summed E-state index contributed by atoms with van der Waals surface area (Å²) in [4.78, 5) is 4.25. The van der Waals surface area contributed by atoms with E-state index in [2.05, 4.69) is 174 Å². The number of hydrogen-bond donors (Lipinski definition) is 0. The largest absolute Gasteiger partial charge is 0.455 e. The van der Waals surface area contributed by atoms with Crippen molar-refractivity contribution in [1.29, 1.82) is 0 Å². The summed E-state index contributed by atoms with van der Waals surface area (Å²) in [6, 6.07) is 47.4.